The van der Waals surface area contributed by atoms with E-state index in [1.807, 2.05) is 0 Å². The topological polar surface area (TPSA) is 119 Å². The molecule has 0 spiro atoms. The van der Waals surface area contributed by atoms with E-state index in [1.54, 1.807) is 7.11 Å². The van der Waals surface area contributed by atoms with E-state index in [4.69, 9.17) is 4.74 Å². The Balaban J connectivity index is 2.36. The molecule has 8 heteroatoms. The van der Waals surface area contributed by atoms with Gasteiger partial charge >= 0.3 is 0 Å². The molecular weight excluding hydrogens is 340 g/mol. The Hall–Kier alpha value is -2.09. The van der Waals surface area contributed by atoms with Crippen molar-refractivity contribution in [1.29, 1.82) is 0 Å². The minimum atomic E-state index is -0.738. The molecule has 0 saturated heterocycles. The molecule has 1 saturated carbocycles. The fraction of sp³-hybridized carbons (Fsp3) is 0.722. The van der Waals surface area contributed by atoms with Gasteiger partial charge in [-0.15, -0.1) is 0 Å². The molecule has 0 bridgehead atoms. The van der Waals surface area contributed by atoms with E-state index in [0.717, 1.165) is 12.8 Å². The highest BCUT2D eigenvalue weighted by Crippen LogP contribution is 2.26. The van der Waals surface area contributed by atoms with Crippen molar-refractivity contribution in [3.05, 3.63) is 0 Å². The summed E-state index contributed by atoms with van der Waals surface area (Å²) in [6, 6.07) is -1.45. The normalized spacial score (nSPS) is 21.9. The third-order valence-electron chi connectivity index (χ3n) is 4.66. The Morgan fingerprint density at radius 1 is 1.00 bits per heavy atom. The molecule has 1 aliphatic carbocycles. The molecule has 2 unspecified atom stereocenters. The van der Waals surface area contributed by atoms with Gasteiger partial charge in [0.05, 0.1) is 18.2 Å². The second-order valence-electron chi connectivity index (χ2n) is 6.55. The quantitative estimate of drug-likeness (QED) is 0.479. The van der Waals surface area contributed by atoms with Crippen LogP contribution in [0.3, 0.4) is 0 Å². The molecule has 1 fully saturated rings. The highest BCUT2D eigenvalue weighted by Gasteiger charge is 2.27. The second kappa shape index (κ2) is 12.3. The standard InChI is InChI=1S/C18H28N2O6/c1-26-16-7-4-13(5-8-16)18(25)20-15(12-23)6-9-17(24)19-14(11-22)3-2-10-21/h10-16H,2-9H2,1H3,(H,19,24)(H,20,25). The maximum atomic E-state index is 12.3. The van der Waals surface area contributed by atoms with Crippen LogP contribution in [0.5, 0.6) is 0 Å². The second-order valence-corrected chi connectivity index (χ2v) is 6.55. The zero-order valence-corrected chi connectivity index (χ0v) is 15.1. The first kappa shape index (κ1) is 22.0. The molecule has 0 aliphatic heterocycles. The zero-order chi connectivity index (χ0) is 19.4. The molecule has 8 nitrogen and oxygen atoms in total. The van der Waals surface area contributed by atoms with Gasteiger partial charge in [-0.1, -0.05) is 0 Å². The van der Waals surface area contributed by atoms with E-state index < -0.39 is 18.0 Å². The molecule has 1 rings (SSSR count). The van der Waals surface area contributed by atoms with Crippen molar-refractivity contribution >= 4 is 30.7 Å². The van der Waals surface area contributed by atoms with Crippen molar-refractivity contribution in [2.45, 2.75) is 69.6 Å². The summed E-state index contributed by atoms with van der Waals surface area (Å²) in [7, 11) is 1.66. The van der Waals surface area contributed by atoms with E-state index in [-0.39, 0.29) is 43.6 Å². The molecule has 2 N–H and O–H groups in total. The summed E-state index contributed by atoms with van der Waals surface area (Å²) < 4.78 is 5.28. The average Bonchev–Trinajstić information content (AvgIpc) is 2.68. The number of aldehydes is 3. The lowest BCUT2D eigenvalue weighted by Gasteiger charge is -2.27. The van der Waals surface area contributed by atoms with Gasteiger partial charge in [-0.25, -0.2) is 0 Å². The van der Waals surface area contributed by atoms with Crippen molar-refractivity contribution in [2.75, 3.05) is 7.11 Å². The summed E-state index contributed by atoms with van der Waals surface area (Å²) in [5.74, 6) is -0.705. The number of amides is 2. The molecule has 26 heavy (non-hydrogen) atoms. The summed E-state index contributed by atoms with van der Waals surface area (Å²) in [6.45, 7) is 0. The number of hydrogen-bond donors (Lipinski definition) is 2. The van der Waals surface area contributed by atoms with Crippen LogP contribution in [0.1, 0.15) is 51.4 Å². The molecule has 2 atom stereocenters. The lowest BCUT2D eigenvalue weighted by Crippen LogP contribution is -2.42. The van der Waals surface area contributed by atoms with Crippen molar-refractivity contribution in [3.63, 3.8) is 0 Å². The Bertz CT molecular complexity index is 488. The lowest BCUT2D eigenvalue weighted by atomic mass is 9.86. The fourth-order valence-corrected chi connectivity index (χ4v) is 3.02. The first-order valence-corrected chi connectivity index (χ1v) is 9.00. The van der Waals surface area contributed by atoms with Crippen LogP contribution in [0.2, 0.25) is 0 Å². The summed E-state index contributed by atoms with van der Waals surface area (Å²) >= 11 is 0. The first-order valence-electron chi connectivity index (χ1n) is 9.00. The molecule has 2 amide bonds. The molecule has 0 radical (unpaired) electrons. The largest absolute Gasteiger partial charge is 0.381 e. The monoisotopic (exact) mass is 368 g/mol. The third kappa shape index (κ3) is 7.86. The highest BCUT2D eigenvalue weighted by molar-refractivity contribution is 5.83. The maximum Gasteiger partial charge on any atom is 0.223 e. The minimum absolute atomic E-state index is 0.00549. The lowest BCUT2D eigenvalue weighted by molar-refractivity contribution is -0.129. The number of ether oxygens (including phenoxy) is 1. The number of carbonyl (C=O) groups is 5. The van der Waals surface area contributed by atoms with E-state index in [2.05, 4.69) is 10.6 Å². The number of nitrogens with one attached hydrogen (secondary N) is 2. The van der Waals surface area contributed by atoms with Crippen LogP contribution in [0.25, 0.3) is 0 Å². The van der Waals surface area contributed by atoms with Gasteiger partial charge in [0.1, 0.15) is 18.9 Å². The first-order chi connectivity index (χ1) is 12.5. The van der Waals surface area contributed by atoms with Gasteiger partial charge in [-0.2, -0.15) is 0 Å². The van der Waals surface area contributed by atoms with Crippen molar-refractivity contribution in [1.82, 2.24) is 10.6 Å². The SMILES string of the molecule is COC1CCC(C(=O)NC(C=O)CCC(=O)NC(C=O)CCC=O)CC1. The van der Waals surface area contributed by atoms with Crippen molar-refractivity contribution in [3.8, 4) is 0 Å². The van der Waals surface area contributed by atoms with Gasteiger partial charge < -0.3 is 29.8 Å². The van der Waals surface area contributed by atoms with Crippen LogP contribution in [0.15, 0.2) is 0 Å². The van der Waals surface area contributed by atoms with Gasteiger partial charge in [-0.05, 0) is 38.5 Å². The minimum Gasteiger partial charge on any atom is -0.381 e. The molecule has 0 aromatic heterocycles. The van der Waals surface area contributed by atoms with Gasteiger partial charge in [-0.3, -0.25) is 9.59 Å². The molecule has 146 valence electrons. The molecule has 0 aromatic carbocycles. The Morgan fingerprint density at radius 2 is 1.62 bits per heavy atom. The van der Waals surface area contributed by atoms with E-state index in [1.165, 1.54) is 0 Å². The fourth-order valence-electron chi connectivity index (χ4n) is 3.02. The zero-order valence-electron chi connectivity index (χ0n) is 15.1. The predicted octanol–water partition coefficient (Wildman–Crippen LogP) is 0.318. The summed E-state index contributed by atoms with van der Waals surface area (Å²) in [6.07, 6.45) is 5.73. The van der Waals surface area contributed by atoms with E-state index >= 15 is 0 Å². The molecular formula is C18H28N2O6. The van der Waals surface area contributed by atoms with Crippen molar-refractivity contribution in [2.24, 2.45) is 5.92 Å². The molecule has 0 heterocycles. The Labute approximate surface area is 153 Å². The van der Waals surface area contributed by atoms with E-state index in [9.17, 15) is 24.0 Å². The summed E-state index contributed by atoms with van der Waals surface area (Å²) in [5, 5.41) is 5.18. The summed E-state index contributed by atoms with van der Waals surface area (Å²) in [4.78, 5) is 56.5. The Kier molecular flexibility index (Phi) is 10.4. The van der Waals surface area contributed by atoms with Gasteiger partial charge in [0, 0.05) is 25.9 Å². The number of carbonyl (C=O) groups excluding carboxylic acids is 5. The van der Waals surface area contributed by atoms with Crippen molar-refractivity contribution < 1.29 is 28.7 Å². The smallest absolute Gasteiger partial charge is 0.223 e. The van der Waals surface area contributed by atoms with Gasteiger partial charge in [0.15, 0.2) is 0 Å². The maximum absolute atomic E-state index is 12.3. The van der Waals surface area contributed by atoms with E-state index in [0.29, 0.717) is 31.7 Å². The predicted molar refractivity (Wildman–Crippen MR) is 93.3 cm³/mol. The van der Waals surface area contributed by atoms with Crippen LogP contribution in [0, 0.1) is 5.92 Å². The number of hydrogen-bond acceptors (Lipinski definition) is 6. The molecule has 1 aliphatic rings. The Morgan fingerprint density at radius 3 is 2.15 bits per heavy atom. The highest BCUT2D eigenvalue weighted by atomic mass is 16.5. The molecule has 0 aromatic rings. The van der Waals surface area contributed by atoms with Crippen LogP contribution in [-0.2, 0) is 28.7 Å². The van der Waals surface area contributed by atoms with Gasteiger partial charge in [0.2, 0.25) is 11.8 Å². The number of rotatable bonds is 12. The number of methoxy groups -OCH3 is 1. The average molecular weight is 368 g/mol. The van der Waals surface area contributed by atoms with Crippen LogP contribution >= 0.6 is 0 Å². The van der Waals surface area contributed by atoms with Gasteiger partial charge in [0.25, 0.3) is 0 Å². The summed E-state index contributed by atoms with van der Waals surface area (Å²) in [5.41, 5.74) is 0. The van der Waals surface area contributed by atoms with Crippen LogP contribution in [-0.4, -0.2) is 56.0 Å². The third-order valence-corrected chi connectivity index (χ3v) is 4.66. The van der Waals surface area contributed by atoms with Crippen LogP contribution in [0.4, 0.5) is 0 Å². The van der Waals surface area contributed by atoms with Crippen LogP contribution < -0.4 is 10.6 Å².